The summed E-state index contributed by atoms with van der Waals surface area (Å²) < 4.78 is 16.7. The summed E-state index contributed by atoms with van der Waals surface area (Å²) in [5.41, 5.74) is 3.82. The third kappa shape index (κ3) is 13.7. The largest absolute Gasteiger partial charge is 0.496 e. The number of amides is 5. The number of ether oxygens (including phenoxy) is 3. The Hall–Kier alpha value is -6.52. The monoisotopic (exact) mass is 893 g/mol. The highest BCUT2D eigenvalue weighted by molar-refractivity contribution is 5.98. The highest BCUT2D eigenvalue weighted by atomic mass is 16.6. The second kappa shape index (κ2) is 21.0. The van der Waals surface area contributed by atoms with Crippen LogP contribution in [0.4, 0.5) is 15.3 Å². The molecule has 348 valence electrons. The topological polar surface area (TPSA) is 219 Å². The molecule has 2 aliphatic rings. The predicted octanol–water partition coefficient (Wildman–Crippen LogP) is 6.98. The van der Waals surface area contributed by atoms with E-state index in [2.05, 4.69) is 41.9 Å². The number of likely N-dealkylation sites (tertiary alicyclic amines) is 1. The number of aryl methyl sites for hydroxylation is 1. The minimum Gasteiger partial charge on any atom is -0.496 e. The van der Waals surface area contributed by atoms with Crippen LogP contribution in [0.15, 0.2) is 60.7 Å². The summed E-state index contributed by atoms with van der Waals surface area (Å²) in [5.74, 6) is 0.143. The first-order valence-corrected chi connectivity index (χ1v) is 22.3. The second-order valence-electron chi connectivity index (χ2n) is 18.9. The summed E-state index contributed by atoms with van der Waals surface area (Å²) in [6.45, 7) is 14.4. The molecule has 17 nitrogen and oxygen atoms in total. The average molecular weight is 894 g/mol. The number of anilines is 1. The van der Waals surface area contributed by atoms with Gasteiger partial charge in [-0.25, -0.2) is 9.59 Å². The van der Waals surface area contributed by atoms with Crippen LogP contribution in [-0.4, -0.2) is 105 Å². The van der Waals surface area contributed by atoms with E-state index < -0.39 is 23.3 Å². The zero-order valence-electron chi connectivity index (χ0n) is 38.7. The third-order valence-corrected chi connectivity index (χ3v) is 11.5. The number of H-pyrrole nitrogens is 1. The number of piperidine rings is 1. The smallest absolute Gasteiger partial charge is 0.410 e. The van der Waals surface area contributed by atoms with E-state index in [0.29, 0.717) is 73.7 Å². The number of aromatic nitrogens is 4. The first-order chi connectivity index (χ1) is 30.8. The van der Waals surface area contributed by atoms with Crippen molar-refractivity contribution >= 4 is 35.6 Å². The molecule has 1 aromatic heterocycles. The van der Waals surface area contributed by atoms with Crippen molar-refractivity contribution in [2.75, 3.05) is 32.1 Å². The number of rotatable bonds is 13. The number of nitrogens with one attached hydrogen (secondary N) is 5. The van der Waals surface area contributed by atoms with Gasteiger partial charge in [0.15, 0.2) is 0 Å². The van der Waals surface area contributed by atoms with Crippen LogP contribution in [0.5, 0.6) is 5.75 Å². The van der Waals surface area contributed by atoms with Crippen molar-refractivity contribution in [3.8, 4) is 28.3 Å². The fraction of sp³-hybridized carbons (Fsp3) is 0.500. The van der Waals surface area contributed by atoms with E-state index in [-0.39, 0.29) is 48.1 Å². The number of hydrogen-bond acceptors (Lipinski definition) is 11. The Balaban J connectivity index is 1.14. The molecule has 1 saturated carbocycles. The molecule has 1 saturated heterocycles. The molecule has 0 radical (unpaired) electrons. The number of aromatic amines is 1. The Labute approximate surface area is 380 Å². The maximum absolute atomic E-state index is 14.1. The lowest BCUT2D eigenvalue weighted by atomic mass is 9.81. The van der Waals surface area contributed by atoms with Gasteiger partial charge in [0.25, 0.3) is 5.91 Å². The van der Waals surface area contributed by atoms with Gasteiger partial charge in [0.2, 0.25) is 17.6 Å². The Morgan fingerprint density at radius 1 is 0.831 bits per heavy atom. The number of carbonyl (C=O) groups is 5. The molecule has 6 rings (SSSR count). The van der Waals surface area contributed by atoms with Gasteiger partial charge in [-0.05, 0) is 163 Å². The Morgan fingerprint density at radius 3 is 2.14 bits per heavy atom. The minimum absolute atomic E-state index is 0.0807. The lowest BCUT2D eigenvalue weighted by Crippen LogP contribution is -2.48. The molecule has 0 bridgehead atoms. The summed E-state index contributed by atoms with van der Waals surface area (Å²) in [4.78, 5) is 67.9. The molecule has 5 N–H and O–H groups in total. The van der Waals surface area contributed by atoms with E-state index in [4.69, 9.17) is 14.2 Å². The Bertz CT molecular complexity index is 2290. The van der Waals surface area contributed by atoms with Crippen LogP contribution in [0.2, 0.25) is 0 Å². The van der Waals surface area contributed by atoms with Crippen molar-refractivity contribution in [1.82, 2.24) is 41.5 Å². The Morgan fingerprint density at radius 2 is 1.52 bits per heavy atom. The van der Waals surface area contributed by atoms with E-state index in [1.165, 1.54) is 0 Å². The summed E-state index contributed by atoms with van der Waals surface area (Å²) in [6.07, 6.45) is 3.34. The molecule has 3 aromatic carbocycles. The summed E-state index contributed by atoms with van der Waals surface area (Å²) >= 11 is 0. The molecular formula is C48H63N9O8. The van der Waals surface area contributed by atoms with E-state index >= 15 is 0 Å². The van der Waals surface area contributed by atoms with Crippen LogP contribution >= 0.6 is 0 Å². The van der Waals surface area contributed by atoms with Gasteiger partial charge in [0.05, 0.1) is 7.11 Å². The van der Waals surface area contributed by atoms with Gasteiger partial charge in [0, 0.05) is 60.4 Å². The van der Waals surface area contributed by atoms with Crippen LogP contribution in [0.3, 0.4) is 0 Å². The Kier molecular flexibility index (Phi) is 15.5. The van der Waals surface area contributed by atoms with E-state index in [9.17, 15) is 24.0 Å². The quantitative estimate of drug-likeness (QED) is 0.0922. The molecule has 4 aromatic rings. The molecule has 5 amide bonds. The lowest BCUT2D eigenvalue weighted by Gasteiger charge is -2.33. The molecule has 2 heterocycles. The van der Waals surface area contributed by atoms with Crippen LogP contribution < -0.4 is 26.0 Å². The summed E-state index contributed by atoms with van der Waals surface area (Å²) in [7, 11) is 1.59. The number of nitrogens with zero attached hydrogens (tertiary/aromatic N) is 4. The average Bonchev–Trinajstić information content (AvgIpc) is 3.80. The standard InChI is InChI=1S/C48H63N9O8/c1-29-25-34(43(59)50-36-21-23-57(24-22-36)46(62)65-48(5,6)7)16-19-37(29)38-26-31(11-20-40(38)63-8)27-39(44(60)51-35-17-14-32(15-18-35)41-53-55-56-54-41)52-42(58)33-12-9-30(10-13-33)28-49-45(61)64-47(2,3)4/h11,14-20,25-26,30,33,36,39H,9-10,12-13,21-24,27-28H2,1-8H3,(H,49,61)(H,50,59)(H,51,60)(H,52,58)(H,53,54,55,56). The maximum atomic E-state index is 14.1. The van der Waals surface area contributed by atoms with Gasteiger partial charge >= 0.3 is 12.2 Å². The molecule has 65 heavy (non-hydrogen) atoms. The zero-order chi connectivity index (χ0) is 46.9. The predicted molar refractivity (Wildman–Crippen MR) is 245 cm³/mol. The highest BCUT2D eigenvalue weighted by Gasteiger charge is 2.31. The number of methoxy groups -OCH3 is 1. The summed E-state index contributed by atoms with van der Waals surface area (Å²) in [6, 6.07) is 17.2. The van der Waals surface area contributed by atoms with E-state index in [1.54, 1.807) is 42.3 Å². The molecule has 0 spiro atoms. The number of tetrazole rings is 1. The van der Waals surface area contributed by atoms with Crippen molar-refractivity contribution in [1.29, 1.82) is 0 Å². The number of alkyl carbamates (subject to hydrolysis) is 1. The van der Waals surface area contributed by atoms with E-state index in [1.807, 2.05) is 78.8 Å². The van der Waals surface area contributed by atoms with Crippen LogP contribution in [0.1, 0.15) is 102 Å². The molecule has 1 aliphatic carbocycles. The number of benzene rings is 3. The molecule has 17 heteroatoms. The van der Waals surface area contributed by atoms with Crippen molar-refractivity contribution in [2.24, 2.45) is 11.8 Å². The normalized spacial score (nSPS) is 17.3. The lowest BCUT2D eigenvalue weighted by molar-refractivity contribution is -0.130. The highest BCUT2D eigenvalue weighted by Crippen LogP contribution is 2.35. The second-order valence-corrected chi connectivity index (χ2v) is 18.9. The molecule has 1 atom stereocenters. The fourth-order valence-electron chi connectivity index (χ4n) is 8.12. The van der Waals surface area contributed by atoms with Crippen molar-refractivity contribution in [3.05, 3.63) is 77.4 Å². The SMILES string of the molecule is COc1ccc(CC(NC(=O)C2CCC(CNC(=O)OC(C)(C)C)CC2)C(=O)Nc2ccc(-c3nn[nH]n3)cc2)cc1-c1ccc(C(=O)NC2CCN(C(=O)OC(C)(C)C)CC2)cc1C. The first kappa shape index (κ1) is 47.9. The van der Waals surface area contributed by atoms with Crippen LogP contribution in [0, 0.1) is 18.8 Å². The number of carbonyl (C=O) groups excluding carboxylic acids is 5. The molecule has 2 fully saturated rings. The zero-order valence-corrected chi connectivity index (χ0v) is 38.7. The maximum Gasteiger partial charge on any atom is 0.410 e. The third-order valence-electron chi connectivity index (χ3n) is 11.5. The number of hydrogen-bond donors (Lipinski definition) is 5. The van der Waals surface area contributed by atoms with Crippen LogP contribution in [-0.2, 0) is 25.5 Å². The van der Waals surface area contributed by atoms with Crippen molar-refractivity contribution < 1.29 is 38.2 Å². The van der Waals surface area contributed by atoms with Gasteiger partial charge in [-0.2, -0.15) is 5.21 Å². The molecule has 1 aliphatic heterocycles. The van der Waals surface area contributed by atoms with Gasteiger partial charge in [-0.1, -0.05) is 12.1 Å². The summed E-state index contributed by atoms with van der Waals surface area (Å²) in [5, 5.41) is 26.1. The van der Waals surface area contributed by atoms with Gasteiger partial charge in [0.1, 0.15) is 23.0 Å². The minimum atomic E-state index is -0.935. The van der Waals surface area contributed by atoms with Gasteiger partial charge in [-0.3, -0.25) is 14.4 Å². The fourth-order valence-corrected chi connectivity index (χ4v) is 8.12. The van der Waals surface area contributed by atoms with Gasteiger partial charge < -0.3 is 40.4 Å². The molecule has 1 unspecified atom stereocenters. The molecular weight excluding hydrogens is 831 g/mol. The van der Waals surface area contributed by atoms with Crippen molar-refractivity contribution in [3.63, 3.8) is 0 Å². The van der Waals surface area contributed by atoms with Crippen LogP contribution in [0.25, 0.3) is 22.5 Å². The first-order valence-electron chi connectivity index (χ1n) is 22.3. The van der Waals surface area contributed by atoms with Gasteiger partial charge in [-0.15, -0.1) is 10.2 Å². The van der Waals surface area contributed by atoms with E-state index in [0.717, 1.165) is 35.1 Å². The van der Waals surface area contributed by atoms with Crippen molar-refractivity contribution in [2.45, 2.75) is 117 Å².